The number of nitrogens with zero attached hydrogens (tertiary/aromatic N) is 1. The van der Waals surface area contributed by atoms with Crippen molar-refractivity contribution in [1.82, 2.24) is 10.2 Å². The smallest absolute Gasteiger partial charge is 0.106 e. The van der Waals surface area contributed by atoms with Gasteiger partial charge >= 0.3 is 0 Å². The van der Waals surface area contributed by atoms with Crippen LogP contribution in [0.1, 0.15) is 53.7 Å². The van der Waals surface area contributed by atoms with Crippen LogP contribution in [0.2, 0.25) is 0 Å². The Morgan fingerprint density at radius 2 is 1.39 bits per heavy atom. The van der Waals surface area contributed by atoms with E-state index in [-0.39, 0.29) is 16.3 Å². The summed E-state index contributed by atoms with van der Waals surface area (Å²) >= 11 is 0. The quantitative estimate of drug-likeness (QED) is 0.696. The Kier molecular flexibility index (Phi) is 23.4. The molecule has 3 heteroatoms. The Bertz CT molecular complexity index is 541. The number of carbonyl (C=O) groups is 1. The Labute approximate surface area is 176 Å². The number of nitrogens with one attached hydrogen (secondary N) is 1. The number of carbonyl (C=O) groups excluding carboxylic acids is 1. The van der Waals surface area contributed by atoms with E-state index in [0.717, 1.165) is 26.1 Å². The molecule has 162 valence electrons. The molecule has 0 atom stereocenters. The highest BCUT2D eigenvalue weighted by atomic mass is 16.1. The highest BCUT2D eigenvalue weighted by Gasteiger charge is 2.08. The second-order valence-corrected chi connectivity index (χ2v) is 5.85. The lowest BCUT2D eigenvalue weighted by Crippen LogP contribution is -2.42. The minimum absolute atomic E-state index is 0. The molecule has 1 fully saturated rings. The van der Waals surface area contributed by atoms with Crippen LogP contribution in [0.4, 0.5) is 0 Å². The molecule has 0 saturated carbocycles. The van der Waals surface area contributed by atoms with Crippen molar-refractivity contribution in [3.05, 3.63) is 71.3 Å². The second-order valence-electron chi connectivity index (χ2n) is 5.85. The van der Waals surface area contributed by atoms with Crippen molar-refractivity contribution in [3.63, 3.8) is 0 Å². The van der Waals surface area contributed by atoms with E-state index in [0.29, 0.717) is 0 Å². The van der Waals surface area contributed by atoms with Crippen LogP contribution in [0.5, 0.6) is 0 Å². The second kappa shape index (κ2) is 21.3. The number of piperazine rings is 1. The molecule has 0 aromatic heterocycles. The lowest BCUT2D eigenvalue weighted by atomic mass is 10.1. The van der Waals surface area contributed by atoms with Crippen LogP contribution < -0.4 is 5.32 Å². The Morgan fingerprint density at radius 3 is 1.86 bits per heavy atom. The topological polar surface area (TPSA) is 32.3 Å². The molecular weight excluding hydrogens is 344 g/mol. The normalized spacial score (nSPS) is 12.1. The molecule has 1 aliphatic heterocycles. The molecule has 1 aliphatic rings. The number of hydrogen-bond acceptors (Lipinski definition) is 3. The SMILES string of the molecule is C.C.C=O.CC.CCc1ccc(C)cc1.[HH].c1ccc(CN2CCNCC2)cc1. The fourth-order valence-electron chi connectivity index (χ4n) is 2.53. The molecule has 1 saturated heterocycles. The van der Waals surface area contributed by atoms with Crippen molar-refractivity contribution >= 4 is 6.79 Å². The molecule has 0 unspecified atom stereocenters. The average molecular weight is 391 g/mol. The first-order chi connectivity index (χ1) is 12.8. The molecule has 3 rings (SSSR count). The van der Waals surface area contributed by atoms with Gasteiger partial charge in [-0.05, 0) is 24.5 Å². The van der Waals surface area contributed by atoms with Crippen LogP contribution in [-0.2, 0) is 17.8 Å². The maximum atomic E-state index is 8.00. The zero-order valence-electron chi connectivity index (χ0n) is 17.0. The zero-order chi connectivity index (χ0) is 19.6. The molecule has 1 N–H and O–H groups in total. The van der Waals surface area contributed by atoms with Gasteiger partial charge in [0.2, 0.25) is 0 Å². The number of hydrogen-bond donors (Lipinski definition) is 1. The first kappa shape index (κ1) is 30.7. The van der Waals surface area contributed by atoms with Gasteiger partial charge in [-0.25, -0.2) is 0 Å². The van der Waals surface area contributed by atoms with Gasteiger partial charge in [-0.3, -0.25) is 4.90 Å². The molecule has 3 nitrogen and oxygen atoms in total. The summed E-state index contributed by atoms with van der Waals surface area (Å²) < 4.78 is 0. The van der Waals surface area contributed by atoms with Crippen LogP contribution in [0.25, 0.3) is 0 Å². The van der Waals surface area contributed by atoms with E-state index in [1.54, 1.807) is 0 Å². The van der Waals surface area contributed by atoms with E-state index < -0.39 is 0 Å². The molecule has 0 aliphatic carbocycles. The van der Waals surface area contributed by atoms with Crippen LogP contribution >= 0.6 is 0 Å². The third-order valence-corrected chi connectivity index (χ3v) is 3.99. The standard InChI is InChI=1S/C11H16N2.C9H12.C2H6.CH2O.2CH4.H2/c1-2-4-11(5-3-1)10-13-8-6-12-7-9-13;1-3-9-6-4-8(2)5-7-9;2*1-2;;;/h1-5,12H,6-10H2;4-7H,3H2,1-2H3;1-2H3;1H2;2*1H4;1H. The van der Waals surface area contributed by atoms with E-state index >= 15 is 0 Å². The number of rotatable bonds is 3. The van der Waals surface area contributed by atoms with Gasteiger partial charge in [0.1, 0.15) is 6.79 Å². The molecule has 0 radical (unpaired) electrons. The summed E-state index contributed by atoms with van der Waals surface area (Å²) in [4.78, 5) is 10.5. The molecular formula is C25H46N2O. The van der Waals surface area contributed by atoms with Gasteiger partial charge in [0.05, 0.1) is 0 Å². The van der Waals surface area contributed by atoms with Gasteiger partial charge in [0.15, 0.2) is 0 Å². The van der Waals surface area contributed by atoms with Gasteiger partial charge < -0.3 is 10.1 Å². The molecule has 2 aromatic rings. The third kappa shape index (κ3) is 14.1. The first-order valence-corrected chi connectivity index (χ1v) is 9.59. The molecule has 1 heterocycles. The minimum Gasteiger partial charge on any atom is -0.314 e. The Morgan fingerprint density at radius 1 is 0.893 bits per heavy atom. The van der Waals surface area contributed by atoms with Crippen molar-refractivity contribution in [3.8, 4) is 0 Å². The van der Waals surface area contributed by atoms with Crippen molar-refractivity contribution in [2.24, 2.45) is 0 Å². The largest absolute Gasteiger partial charge is 0.314 e. The minimum atomic E-state index is 0. The van der Waals surface area contributed by atoms with Gasteiger partial charge in [-0.15, -0.1) is 0 Å². The predicted molar refractivity (Wildman–Crippen MR) is 129 cm³/mol. The lowest BCUT2D eigenvalue weighted by Gasteiger charge is -2.27. The van der Waals surface area contributed by atoms with E-state index in [9.17, 15) is 0 Å². The fraction of sp³-hybridized carbons (Fsp3) is 0.480. The number of aryl methyl sites for hydroxylation is 2. The van der Waals surface area contributed by atoms with Crippen LogP contribution in [0.3, 0.4) is 0 Å². The van der Waals surface area contributed by atoms with E-state index in [2.05, 4.69) is 78.7 Å². The molecule has 0 bridgehead atoms. The van der Waals surface area contributed by atoms with Crippen molar-refractivity contribution in [2.45, 2.75) is 55.5 Å². The highest BCUT2D eigenvalue weighted by Crippen LogP contribution is 2.04. The molecule has 0 amide bonds. The Balaban J connectivity index is -0.000000175. The maximum Gasteiger partial charge on any atom is 0.106 e. The average Bonchev–Trinajstić information content (AvgIpc) is 2.74. The van der Waals surface area contributed by atoms with Crippen molar-refractivity contribution in [2.75, 3.05) is 26.2 Å². The van der Waals surface area contributed by atoms with Crippen molar-refractivity contribution in [1.29, 1.82) is 0 Å². The summed E-state index contributed by atoms with van der Waals surface area (Å²) in [5.41, 5.74) is 4.18. The van der Waals surface area contributed by atoms with Gasteiger partial charge in [0.25, 0.3) is 0 Å². The Hall–Kier alpha value is -1.97. The van der Waals surface area contributed by atoms with E-state index in [4.69, 9.17) is 4.79 Å². The fourth-order valence-corrected chi connectivity index (χ4v) is 2.53. The zero-order valence-corrected chi connectivity index (χ0v) is 17.0. The highest BCUT2D eigenvalue weighted by molar-refractivity contribution is 5.20. The summed E-state index contributed by atoms with van der Waals surface area (Å²) in [5.74, 6) is 0. The monoisotopic (exact) mass is 390 g/mol. The van der Waals surface area contributed by atoms with Gasteiger partial charge in [-0.2, -0.15) is 0 Å². The molecule has 0 spiro atoms. The first-order valence-electron chi connectivity index (χ1n) is 9.59. The van der Waals surface area contributed by atoms with E-state index in [1.165, 1.54) is 29.8 Å². The summed E-state index contributed by atoms with van der Waals surface area (Å²) in [7, 11) is 0. The molecule has 2 aromatic carbocycles. The van der Waals surface area contributed by atoms with Crippen LogP contribution in [0, 0.1) is 6.92 Å². The third-order valence-electron chi connectivity index (χ3n) is 3.99. The summed E-state index contributed by atoms with van der Waals surface area (Å²) in [6, 6.07) is 19.3. The maximum absolute atomic E-state index is 8.00. The van der Waals surface area contributed by atoms with Gasteiger partial charge in [-0.1, -0.05) is 95.8 Å². The predicted octanol–water partition coefficient (Wildman–Crippen LogP) is 6.01. The van der Waals surface area contributed by atoms with E-state index in [1.807, 2.05) is 20.6 Å². The number of benzene rings is 2. The summed E-state index contributed by atoms with van der Waals surface area (Å²) in [6.45, 7) is 16.0. The van der Waals surface area contributed by atoms with Crippen molar-refractivity contribution < 1.29 is 6.22 Å². The molecule has 28 heavy (non-hydrogen) atoms. The van der Waals surface area contributed by atoms with Crippen LogP contribution in [0.15, 0.2) is 54.6 Å². The summed E-state index contributed by atoms with van der Waals surface area (Å²) in [5, 5.41) is 3.36. The van der Waals surface area contributed by atoms with Gasteiger partial charge in [0, 0.05) is 34.2 Å². The van der Waals surface area contributed by atoms with Crippen LogP contribution in [-0.4, -0.2) is 37.9 Å². The summed E-state index contributed by atoms with van der Waals surface area (Å²) in [6.07, 6.45) is 1.14. The lowest BCUT2D eigenvalue weighted by molar-refractivity contribution is -0.0979.